The van der Waals surface area contributed by atoms with Gasteiger partial charge in [0.15, 0.2) is 17.4 Å². The molecule has 5 aliphatic rings. The van der Waals surface area contributed by atoms with E-state index in [1.807, 2.05) is 65.4 Å². The summed E-state index contributed by atoms with van der Waals surface area (Å²) in [5, 5.41) is 20.1. The number of piperidine rings is 1. The molecule has 10 rings (SSSR count). The van der Waals surface area contributed by atoms with Crippen molar-refractivity contribution < 1.29 is 37.5 Å². The number of aryl methyl sites for hydroxylation is 1. The van der Waals surface area contributed by atoms with Crippen LogP contribution in [0, 0.1) is 35.7 Å². The third kappa shape index (κ3) is 8.78. The second kappa shape index (κ2) is 17.9. The number of hydrogen-bond donors (Lipinski definition) is 3. The standard InChI is InChI=1S/C49H53F3N10O5/c1-29-2-5-32(21-40(29)61-13-10-42(63)56-48(61)67)47(66)60-14-11-49(12-15-60)23-35(24-49)58-16-18-59(19-17-58)41-27-53-39(26-54-41)31-6-7-33-28-62(57-38(33)20-31)34-8-3-30(4-9-34)25-55-46(65)36-22-37(50)45(64)44(52)43(36)51/h2,5-7,20-22,26-28,30,34-35,64H,3-4,8-19,23-25H2,1H3,(H,55,65)(H,56,63,67)/t30-,34-. The molecule has 2 aromatic heterocycles. The quantitative estimate of drug-likeness (QED) is 0.135. The summed E-state index contributed by atoms with van der Waals surface area (Å²) in [6, 6.07) is 12.3. The summed E-state index contributed by atoms with van der Waals surface area (Å²) < 4.78 is 43.7. The molecule has 5 amide bonds. The van der Waals surface area contributed by atoms with Gasteiger partial charge in [0, 0.05) is 93.2 Å². The predicted molar refractivity (Wildman–Crippen MR) is 243 cm³/mol. The van der Waals surface area contributed by atoms with E-state index in [-0.39, 0.29) is 42.2 Å². The molecule has 2 saturated carbocycles. The Labute approximate surface area is 385 Å². The number of carbonyl (C=O) groups is 4. The number of anilines is 2. The summed E-state index contributed by atoms with van der Waals surface area (Å²) >= 11 is 0. The van der Waals surface area contributed by atoms with Crippen LogP contribution in [0.25, 0.3) is 22.2 Å². The molecule has 0 unspecified atom stereocenters. The minimum absolute atomic E-state index is 0.0181. The highest BCUT2D eigenvalue weighted by Gasteiger charge is 2.48. The summed E-state index contributed by atoms with van der Waals surface area (Å²) in [5.41, 5.74) is 4.13. The molecular weight excluding hydrogens is 866 g/mol. The van der Waals surface area contributed by atoms with Crippen molar-refractivity contribution in [3.8, 4) is 17.0 Å². The van der Waals surface area contributed by atoms with Gasteiger partial charge in [-0.05, 0) is 99.5 Å². The largest absolute Gasteiger partial charge is 0.503 e. The van der Waals surface area contributed by atoms with Gasteiger partial charge >= 0.3 is 6.03 Å². The van der Waals surface area contributed by atoms with E-state index in [2.05, 4.69) is 20.4 Å². The minimum Gasteiger partial charge on any atom is -0.503 e. The second-order valence-electron chi connectivity index (χ2n) is 19.0. The summed E-state index contributed by atoms with van der Waals surface area (Å²) in [4.78, 5) is 68.3. The molecule has 3 aliphatic heterocycles. The summed E-state index contributed by atoms with van der Waals surface area (Å²) in [5.74, 6) is -6.48. The predicted octanol–water partition coefficient (Wildman–Crippen LogP) is 6.74. The van der Waals surface area contributed by atoms with Crippen molar-refractivity contribution in [2.24, 2.45) is 11.3 Å². The van der Waals surface area contributed by atoms with Crippen LogP contribution < -0.4 is 20.4 Å². The van der Waals surface area contributed by atoms with Gasteiger partial charge in [-0.3, -0.25) is 39.2 Å². The van der Waals surface area contributed by atoms with Crippen LogP contribution in [0.3, 0.4) is 0 Å². The number of hydrogen-bond acceptors (Lipinski definition) is 10. The van der Waals surface area contributed by atoms with E-state index in [1.54, 1.807) is 11.0 Å². The highest BCUT2D eigenvalue weighted by Crippen LogP contribution is 2.51. The molecule has 3 saturated heterocycles. The van der Waals surface area contributed by atoms with Crippen LogP contribution in [0.15, 0.2) is 61.1 Å². The summed E-state index contributed by atoms with van der Waals surface area (Å²) in [6.45, 7) is 7.52. The van der Waals surface area contributed by atoms with E-state index in [1.165, 1.54) is 0 Å². The number of phenolic OH excluding ortho intramolecular Hbond substituents is 1. The Hall–Kier alpha value is -6.56. The van der Waals surface area contributed by atoms with Crippen LogP contribution in [0.2, 0.25) is 0 Å². The fraction of sp³-hybridized carbons (Fsp3) is 0.449. The first-order valence-electron chi connectivity index (χ1n) is 23.3. The van der Waals surface area contributed by atoms with Gasteiger partial charge in [-0.1, -0.05) is 18.2 Å². The highest BCUT2D eigenvalue weighted by molar-refractivity contribution is 6.06. The Balaban J connectivity index is 0.668. The molecule has 5 fully saturated rings. The van der Waals surface area contributed by atoms with Gasteiger partial charge in [-0.2, -0.15) is 9.49 Å². The smallest absolute Gasteiger partial charge is 0.328 e. The van der Waals surface area contributed by atoms with E-state index >= 15 is 0 Å². The average molecular weight is 919 g/mol. The fourth-order valence-corrected chi connectivity index (χ4v) is 10.8. The Kier molecular flexibility index (Phi) is 11.8. The number of nitrogens with zero attached hydrogens (tertiary/aromatic N) is 8. The number of amides is 5. The number of halogens is 3. The fourth-order valence-electron chi connectivity index (χ4n) is 10.8. The normalized spacial score (nSPS) is 21.4. The van der Waals surface area contributed by atoms with Gasteiger partial charge in [0.25, 0.3) is 11.8 Å². The minimum atomic E-state index is -1.78. The van der Waals surface area contributed by atoms with Crippen molar-refractivity contribution in [2.75, 3.05) is 62.2 Å². The molecule has 0 radical (unpaired) electrons. The molecular formula is C49H53F3N10O5. The molecule has 2 aliphatic carbocycles. The lowest BCUT2D eigenvalue weighted by Crippen LogP contribution is -2.59. The highest BCUT2D eigenvalue weighted by atomic mass is 19.2. The zero-order valence-corrected chi connectivity index (χ0v) is 37.3. The van der Waals surface area contributed by atoms with E-state index in [9.17, 15) is 37.5 Å². The Morgan fingerprint density at radius 2 is 1.63 bits per heavy atom. The maximum atomic E-state index is 14.2. The lowest BCUT2D eigenvalue weighted by molar-refractivity contribution is -0.120. The number of urea groups is 1. The molecule has 3 aromatic carbocycles. The Morgan fingerprint density at radius 1 is 0.866 bits per heavy atom. The number of nitrogens with one attached hydrogen (secondary N) is 2. The molecule has 0 atom stereocenters. The van der Waals surface area contributed by atoms with Crippen LogP contribution >= 0.6 is 0 Å². The molecule has 15 nitrogen and oxygen atoms in total. The molecule has 5 heterocycles. The number of aromatic hydroxyl groups is 1. The number of imide groups is 1. The summed E-state index contributed by atoms with van der Waals surface area (Å²) in [6.07, 6.45) is 13.4. The zero-order chi connectivity index (χ0) is 46.6. The number of phenols is 1. The van der Waals surface area contributed by atoms with Gasteiger partial charge in [0.1, 0.15) is 5.82 Å². The lowest BCUT2D eigenvalue weighted by atomic mass is 9.60. The third-order valence-electron chi connectivity index (χ3n) is 15.0. The van der Waals surface area contributed by atoms with Crippen LogP contribution in [-0.2, 0) is 4.79 Å². The average Bonchev–Trinajstić information content (AvgIpc) is 3.77. The maximum absolute atomic E-state index is 14.2. The molecule has 1 spiro atoms. The first-order chi connectivity index (χ1) is 32.3. The third-order valence-corrected chi connectivity index (χ3v) is 15.0. The van der Waals surface area contributed by atoms with E-state index < -0.39 is 40.7 Å². The molecule has 3 N–H and O–H groups in total. The molecule has 5 aromatic rings. The number of benzene rings is 3. The SMILES string of the molecule is Cc1ccc(C(=O)N2CCC3(CC2)CC(N2CCN(c4cnc(-c5ccc6cn([C@H]7CC[C@H](CNC(=O)c8cc(F)c(O)c(F)c8F)CC7)nc6c5)cn4)CC2)C3)cc1N1CCC(=O)NC1=O. The summed E-state index contributed by atoms with van der Waals surface area (Å²) in [7, 11) is 0. The second-order valence-corrected chi connectivity index (χ2v) is 19.0. The van der Waals surface area contributed by atoms with Crippen LogP contribution in [0.4, 0.5) is 29.5 Å². The maximum Gasteiger partial charge on any atom is 0.328 e. The number of likely N-dealkylation sites (tertiary alicyclic amines) is 1. The van der Waals surface area contributed by atoms with E-state index in [4.69, 9.17) is 15.1 Å². The lowest BCUT2D eigenvalue weighted by Gasteiger charge is -2.56. The van der Waals surface area contributed by atoms with Crippen molar-refractivity contribution in [3.05, 3.63) is 95.2 Å². The number of fused-ring (bicyclic) bond motifs is 1. The van der Waals surface area contributed by atoms with Gasteiger partial charge in [0.2, 0.25) is 11.7 Å². The molecule has 350 valence electrons. The van der Waals surface area contributed by atoms with Crippen molar-refractivity contribution in [1.82, 2.24) is 40.2 Å². The molecule has 0 bridgehead atoms. The van der Waals surface area contributed by atoms with E-state index in [0.717, 1.165) is 124 Å². The van der Waals surface area contributed by atoms with Crippen molar-refractivity contribution in [3.63, 3.8) is 0 Å². The van der Waals surface area contributed by atoms with Crippen LogP contribution in [0.5, 0.6) is 5.75 Å². The first kappa shape index (κ1) is 44.3. The number of rotatable bonds is 9. The first-order valence-corrected chi connectivity index (χ1v) is 23.3. The number of piperazine rings is 1. The van der Waals surface area contributed by atoms with Crippen molar-refractivity contribution in [1.29, 1.82) is 0 Å². The Morgan fingerprint density at radius 3 is 2.34 bits per heavy atom. The van der Waals surface area contributed by atoms with Gasteiger partial charge in [-0.25, -0.2) is 18.6 Å². The molecule has 67 heavy (non-hydrogen) atoms. The van der Waals surface area contributed by atoms with Crippen molar-refractivity contribution in [2.45, 2.75) is 76.8 Å². The monoisotopic (exact) mass is 918 g/mol. The van der Waals surface area contributed by atoms with Crippen LogP contribution in [-0.4, -0.2) is 117 Å². The van der Waals surface area contributed by atoms with Gasteiger partial charge in [-0.15, -0.1) is 0 Å². The molecule has 18 heteroatoms. The van der Waals surface area contributed by atoms with Gasteiger partial charge in [0.05, 0.1) is 35.2 Å². The Bertz CT molecular complexity index is 2740. The number of aromatic nitrogens is 4. The van der Waals surface area contributed by atoms with E-state index in [0.29, 0.717) is 29.9 Å². The van der Waals surface area contributed by atoms with Crippen molar-refractivity contribution >= 4 is 46.2 Å². The van der Waals surface area contributed by atoms with Gasteiger partial charge < -0.3 is 20.2 Å². The van der Waals surface area contributed by atoms with Crippen LogP contribution in [0.1, 0.15) is 90.1 Å². The topological polar surface area (TPSA) is 169 Å². The zero-order valence-electron chi connectivity index (χ0n) is 37.3. The number of carbonyl (C=O) groups excluding carboxylic acids is 4.